The number of aromatic nitrogens is 1. The maximum Gasteiger partial charge on any atom is 0.268 e. The standard InChI is InChI=1S/C18H15FN2O2S/c1-2-24-16-15(13-5-7-14(19)8-6-13)17(22)21(18(16)23)11-12-4-3-9-20-10-12/h3-10H,2,11H2,1H3. The lowest BCUT2D eigenvalue weighted by molar-refractivity contribution is -0.137. The van der Waals surface area contributed by atoms with E-state index in [0.29, 0.717) is 21.8 Å². The fourth-order valence-electron chi connectivity index (χ4n) is 2.52. The van der Waals surface area contributed by atoms with Crippen molar-refractivity contribution in [1.29, 1.82) is 0 Å². The van der Waals surface area contributed by atoms with Crippen molar-refractivity contribution in [3.8, 4) is 0 Å². The molecule has 0 spiro atoms. The Morgan fingerprint density at radius 1 is 1.12 bits per heavy atom. The van der Waals surface area contributed by atoms with E-state index >= 15 is 0 Å². The number of imide groups is 1. The average molecular weight is 342 g/mol. The number of benzene rings is 1. The van der Waals surface area contributed by atoms with Crippen LogP contribution in [0, 0.1) is 5.82 Å². The molecule has 0 unspecified atom stereocenters. The van der Waals surface area contributed by atoms with Crippen molar-refractivity contribution < 1.29 is 14.0 Å². The molecule has 2 heterocycles. The van der Waals surface area contributed by atoms with Crippen LogP contribution >= 0.6 is 11.8 Å². The third-order valence-electron chi connectivity index (χ3n) is 3.61. The first-order chi connectivity index (χ1) is 11.6. The number of rotatable bonds is 5. The minimum Gasteiger partial charge on any atom is -0.269 e. The lowest BCUT2D eigenvalue weighted by Gasteiger charge is -2.14. The van der Waals surface area contributed by atoms with E-state index in [0.717, 1.165) is 5.56 Å². The molecule has 4 nitrogen and oxygen atoms in total. The summed E-state index contributed by atoms with van der Waals surface area (Å²) < 4.78 is 13.2. The first-order valence-electron chi connectivity index (χ1n) is 7.50. The number of hydrogen-bond donors (Lipinski definition) is 0. The maximum atomic E-state index is 13.2. The van der Waals surface area contributed by atoms with Gasteiger partial charge in [-0.2, -0.15) is 0 Å². The van der Waals surface area contributed by atoms with Crippen LogP contribution in [0.25, 0.3) is 5.57 Å². The van der Waals surface area contributed by atoms with Crippen LogP contribution in [0.15, 0.2) is 53.7 Å². The van der Waals surface area contributed by atoms with Gasteiger partial charge in [-0.05, 0) is 35.1 Å². The number of carbonyl (C=O) groups excluding carboxylic acids is 2. The molecule has 0 radical (unpaired) electrons. The van der Waals surface area contributed by atoms with Crippen LogP contribution in [0.4, 0.5) is 4.39 Å². The molecule has 1 aromatic heterocycles. The zero-order valence-corrected chi connectivity index (χ0v) is 13.8. The number of pyridine rings is 1. The van der Waals surface area contributed by atoms with E-state index in [1.54, 1.807) is 18.5 Å². The summed E-state index contributed by atoms with van der Waals surface area (Å²) in [5.74, 6) is -0.380. The predicted molar refractivity (Wildman–Crippen MR) is 91.2 cm³/mol. The lowest BCUT2D eigenvalue weighted by Crippen LogP contribution is -2.31. The Kier molecular flexibility index (Phi) is 4.76. The molecule has 0 saturated heterocycles. The van der Waals surface area contributed by atoms with E-state index in [9.17, 15) is 14.0 Å². The fraction of sp³-hybridized carbons (Fsp3) is 0.167. The summed E-state index contributed by atoms with van der Waals surface area (Å²) in [7, 11) is 0. The molecule has 0 bridgehead atoms. The molecule has 0 aliphatic carbocycles. The average Bonchev–Trinajstić information content (AvgIpc) is 2.82. The SMILES string of the molecule is CCSC1=C(c2ccc(F)cc2)C(=O)N(Cc2cccnc2)C1=O. The van der Waals surface area contributed by atoms with Crippen molar-refractivity contribution in [2.24, 2.45) is 0 Å². The van der Waals surface area contributed by atoms with Crippen molar-refractivity contribution in [3.05, 3.63) is 70.6 Å². The lowest BCUT2D eigenvalue weighted by atomic mass is 10.1. The van der Waals surface area contributed by atoms with E-state index in [4.69, 9.17) is 0 Å². The predicted octanol–water partition coefficient (Wildman–Crippen LogP) is 3.25. The molecule has 2 aromatic rings. The van der Waals surface area contributed by atoms with Gasteiger partial charge in [0.2, 0.25) is 0 Å². The normalized spacial score (nSPS) is 14.7. The molecule has 122 valence electrons. The Balaban J connectivity index is 1.97. The number of hydrogen-bond acceptors (Lipinski definition) is 4. The van der Waals surface area contributed by atoms with Gasteiger partial charge < -0.3 is 0 Å². The summed E-state index contributed by atoms with van der Waals surface area (Å²) in [5, 5.41) is 0. The molecule has 1 aliphatic heterocycles. The number of nitrogens with zero attached hydrogens (tertiary/aromatic N) is 2. The van der Waals surface area contributed by atoms with Crippen molar-refractivity contribution in [2.45, 2.75) is 13.5 Å². The van der Waals surface area contributed by atoms with Crippen LogP contribution in [0.2, 0.25) is 0 Å². The molecule has 1 aliphatic rings. The van der Waals surface area contributed by atoms with Crippen LogP contribution in [0.5, 0.6) is 0 Å². The highest BCUT2D eigenvalue weighted by Crippen LogP contribution is 2.36. The Labute approximate surface area is 143 Å². The molecule has 0 fully saturated rings. The summed E-state index contributed by atoms with van der Waals surface area (Å²) >= 11 is 1.33. The summed E-state index contributed by atoms with van der Waals surface area (Å²) in [6.07, 6.45) is 3.26. The quantitative estimate of drug-likeness (QED) is 0.783. The molecule has 3 rings (SSSR count). The Morgan fingerprint density at radius 2 is 1.88 bits per heavy atom. The summed E-state index contributed by atoms with van der Waals surface area (Å²) in [5.41, 5.74) is 1.68. The monoisotopic (exact) mass is 342 g/mol. The second kappa shape index (κ2) is 6.97. The maximum absolute atomic E-state index is 13.2. The van der Waals surface area contributed by atoms with Crippen LogP contribution in [0.1, 0.15) is 18.1 Å². The van der Waals surface area contributed by atoms with Crippen molar-refractivity contribution >= 4 is 29.1 Å². The van der Waals surface area contributed by atoms with Crippen molar-refractivity contribution in [1.82, 2.24) is 9.88 Å². The van der Waals surface area contributed by atoms with E-state index in [-0.39, 0.29) is 24.2 Å². The Hall–Kier alpha value is -2.47. The minimum atomic E-state index is -0.381. The first-order valence-corrected chi connectivity index (χ1v) is 8.48. The summed E-state index contributed by atoms with van der Waals surface area (Å²) in [6.45, 7) is 2.09. The third-order valence-corrected chi connectivity index (χ3v) is 4.57. The van der Waals surface area contributed by atoms with E-state index in [2.05, 4.69) is 4.98 Å². The molecular formula is C18H15FN2O2S. The fourth-order valence-corrected chi connectivity index (χ4v) is 3.39. The highest BCUT2D eigenvalue weighted by molar-refractivity contribution is 8.04. The molecule has 0 N–H and O–H groups in total. The highest BCUT2D eigenvalue weighted by atomic mass is 32.2. The molecule has 6 heteroatoms. The van der Waals surface area contributed by atoms with Crippen LogP contribution in [-0.4, -0.2) is 27.5 Å². The smallest absolute Gasteiger partial charge is 0.268 e. The largest absolute Gasteiger partial charge is 0.269 e. The third kappa shape index (κ3) is 3.10. The van der Waals surface area contributed by atoms with Gasteiger partial charge in [0.15, 0.2) is 0 Å². The van der Waals surface area contributed by atoms with Gasteiger partial charge in [-0.3, -0.25) is 19.5 Å². The van der Waals surface area contributed by atoms with Gasteiger partial charge in [-0.1, -0.05) is 25.1 Å². The first kappa shape index (κ1) is 16.4. The summed E-state index contributed by atoms with van der Waals surface area (Å²) in [4.78, 5) is 31.1. The van der Waals surface area contributed by atoms with Crippen LogP contribution in [-0.2, 0) is 16.1 Å². The van der Waals surface area contributed by atoms with Crippen LogP contribution in [0.3, 0.4) is 0 Å². The molecule has 0 atom stereocenters. The van der Waals surface area contributed by atoms with Crippen molar-refractivity contribution in [2.75, 3.05) is 5.75 Å². The van der Waals surface area contributed by atoms with Gasteiger partial charge in [0.25, 0.3) is 11.8 Å². The van der Waals surface area contributed by atoms with Crippen molar-refractivity contribution in [3.63, 3.8) is 0 Å². The number of thioether (sulfide) groups is 1. The number of halogens is 1. The minimum absolute atomic E-state index is 0.171. The second-order valence-corrected chi connectivity index (χ2v) is 6.48. The van der Waals surface area contributed by atoms with E-state index < -0.39 is 0 Å². The zero-order chi connectivity index (χ0) is 17.1. The Morgan fingerprint density at radius 3 is 2.50 bits per heavy atom. The van der Waals surface area contributed by atoms with Gasteiger partial charge in [-0.25, -0.2) is 4.39 Å². The molecular weight excluding hydrogens is 327 g/mol. The van der Waals surface area contributed by atoms with Gasteiger partial charge in [0, 0.05) is 12.4 Å². The summed E-state index contributed by atoms with van der Waals surface area (Å²) in [6, 6.07) is 9.21. The molecule has 1 aromatic carbocycles. The molecule has 0 saturated carbocycles. The highest BCUT2D eigenvalue weighted by Gasteiger charge is 2.38. The van der Waals surface area contributed by atoms with Gasteiger partial charge in [0.05, 0.1) is 17.0 Å². The number of carbonyl (C=O) groups is 2. The molecule has 24 heavy (non-hydrogen) atoms. The van der Waals surface area contributed by atoms with E-state index in [1.807, 2.05) is 13.0 Å². The van der Waals surface area contributed by atoms with E-state index in [1.165, 1.54) is 40.9 Å². The Bertz CT molecular complexity index is 804. The second-order valence-electron chi connectivity index (χ2n) is 5.20. The van der Waals surface area contributed by atoms with Gasteiger partial charge >= 0.3 is 0 Å². The zero-order valence-electron chi connectivity index (χ0n) is 13.0. The van der Waals surface area contributed by atoms with Gasteiger partial charge in [0.1, 0.15) is 5.82 Å². The van der Waals surface area contributed by atoms with Gasteiger partial charge in [-0.15, -0.1) is 11.8 Å². The number of amides is 2. The van der Waals surface area contributed by atoms with Crippen LogP contribution < -0.4 is 0 Å². The molecule has 2 amide bonds. The topological polar surface area (TPSA) is 50.3 Å².